The molecule has 1 aliphatic heterocycles. The normalized spacial score (nSPS) is 12.5. The Morgan fingerprint density at radius 2 is 2.04 bits per heavy atom. The zero-order chi connectivity index (χ0) is 17.3. The van der Waals surface area contributed by atoms with Gasteiger partial charge in [-0.15, -0.1) is 0 Å². The second kappa shape index (κ2) is 6.33. The van der Waals surface area contributed by atoms with E-state index in [4.69, 9.17) is 16.7 Å². The Labute approximate surface area is 142 Å². The van der Waals surface area contributed by atoms with Crippen molar-refractivity contribution in [2.45, 2.75) is 13.0 Å². The van der Waals surface area contributed by atoms with Gasteiger partial charge in [0.05, 0.1) is 17.0 Å². The van der Waals surface area contributed by atoms with Crippen molar-refractivity contribution < 1.29 is 19.5 Å². The molecule has 24 heavy (non-hydrogen) atoms. The summed E-state index contributed by atoms with van der Waals surface area (Å²) in [6, 6.07) is 9.49. The van der Waals surface area contributed by atoms with Gasteiger partial charge in [-0.3, -0.25) is 9.59 Å². The monoisotopic (exact) mass is 344 g/mol. The molecule has 2 aromatic rings. The highest BCUT2D eigenvalue weighted by Gasteiger charge is 2.20. The Morgan fingerprint density at radius 3 is 2.75 bits per heavy atom. The Bertz CT molecular complexity index is 864. The summed E-state index contributed by atoms with van der Waals surface area (Å²) in [5.41, 5.74) is 2.71. The number of aromatic carboxylic acids is 1. The molecule has 7 heteroatoms. The second-order valence-electron chi connectivity index (χ2n) is 5.35. The molecule has 1 heterocycles. The minimum atomic E-state index is -1.15. The predicted octanol–water partition coefficient (Wildman–Crippen LogP) is 2.46. The van der Waals surface area contributed by atoms with Crippen molar-refractivity contribution in [3.8, 4) is 0 Å². The Balaban J connectivity index is 1.73. The molecule has 0 aromatic heterocycles. The lowest BCUT2D eigenvalue weighted by molar-refractivity contribution is -0.115. The van der Waals surface area contributed by atoms with E-state index in [1.165, 1.54) is 18.2 Å². The maximum atomic E-state index is 12.2. The molecule has 3 N–H and O–H groups in total. The zero-order valence-corrected chi connectivity index (χ0v) is 13.2. The molecule has 0 fully saturated rings. The number of hydrogen-bond donors (Lipinski definition) is 3. The first-order chi connectivity index (χ1) is 11.5. The number of carbonyl (C=O) groups excluding carboxylic acids is 2. The molecule has 0 atom stereocenters. The molecular formula is C17H13ClN2O4. The number of hydrogen-bond acceptors (Lipinski definition) is 3. The fourth-order valence-electron chi connectivity index (χ4n) is 2.59. The van der Waals surface area contributed by atoms with Gasteiger partial charge in [-0.2, -0.15) is 0 Å². The van der Waals surface area contributed by atoms with Crippen LogP contribution in [0.5, 0.6) is 0 Å². The first-order valence-electron chi connectivity index (χ1n) is 7.17. The van der Waals surface area contributed by atoms with Gasteiger partial charge in [0, 0.05) is 17.8 Å². The Kier molecular flexibility index (Phi) is 4.22. The molecule has 1 aliphatic rings. The minimum Gasteiger partial charge on any atom is -0.478 e. The zero-order valence-electron chi connectivity index (χ0n) is 12.4. The van der Waals surface area contributed by atoms with Gasteiger partial charge in [-0.25, -0.2) is 4.79 Å². The molecular weight excluding hydrogens is 332 g/mol. The van der Waals surface area contributed by atoms with Crippen molar-refractivity contribution in [2.24, 2.45) is 0 Å². The van der Waals surface area contributed by atoms with Gasteiger partial charge in [0.15, 0.2) is 0 Å². The molecule has 122 valence electrons. The first kappa shape index (κ1) is 16.0. The van der Waals surface area contributed by atoms with Crippen LogP contribution in [0.15, 0.2) is 36.4 Å². The van der Waals surface area contributed by atoms with Crippen molar-refractivity contribution in [1.29, 1.82) is 0 Å². The number of halogens is 1. The minimum absolute atomic E-state index is 0.00514. The van der Waals surface area contributed by atoms with Gasteiger partial charge >= 0.3 is 5.97 Å². The van der Waals surface area contributed by atoms with Crippen LogP contribution in [0.1, 0.15) is 31.8 Å². The summed E-state index contributed by atoms with van der Waals surface area (Å²) in [5.74, 6) is -1.59. The smallest absolute Gasteiger partial charge is 0.337 e. The van der Waals surface area contributed by atoms with Gasteiger partial charge in [-0.1, -0.05) is 23.7 Å². The van der Waals surface area contributed by atoms with Crippen LogP contribution < -0.4 is 10.6 Å². The molecule has 0 bridgehead atoms. The third-order valence-electron chi connectivity index (χ3n) is 3.79. The van der Waals surface area contributed by atoms with Crippen molar-refractivity contribution in [3.05, 3.63) is 63.7 Å². The lowest BCUT2D eigenvalue weighted by Gasteiger charge is -2.10. The maximum absolute atomic E-state index is 12.2. The lowest BCUT2D eigenvalue weighted by atomic mass is 10.0. The van der Waals surface area contributed by atoms with E-state index in [9.17, 15) is 14.4 Å². The van der Waals surface area contributed by atoms with E-state index < -0.39 is 5.97 Å². The summed E-state index contributed by atoms with van der Waals surface area (Å²) >= 11 is 5.87. The van der Waals surface area contributed by atoms with E-state index in [1.807, 2.05) is 18.2 Å². The van der Waals surface area contributed by atoms with Crippen LogP contribution in [-0.2, 0) is 17.8 Å². The molecule has 0 radical (unpaired) electrons. The van der Waals surface area contributed by atoms with E-state index in [1.54, 1.807) is 0 Å². The molecule has 0 saturated heterocycles. The number of carboxylic acids is 1. The van der Waals surface area contributed by atoms with E-state index >= 15 is 0 Å². The third kappa shape index (κ3) is 3.09. The van der Waals surface area contributed by atoms with Crippen LogP contribution >= 0.6 is 11.6 Å². The summed E-state index contributed by atoms with van der Waals surface area (Å²) in [6.45, 7) is 0.259. The van der Waals surface area contributed by atoms with Crippen molar-refractivity contribution in [1.82, 2.24) is 5.32 Å². The van der Waals surface area contributed by atoms with Crippen LogP contribution in [0, 0.1) is 0 Å². The van der Waals surface area contributed by atoms with E-state index in [0.717, 1.165) is 16.8 Å². The topological polar surface area (TPSA) is 95.5 Å². The number of carboxylic acid groups (broad SMARTS) is 1. The van der Waals surface area contributed by atoms with Gasteiger partial charge in [-0.05, 0) is 35.4 Å². The highest BCUT2D eigenvalue weighted by atomic mass is 35.5. The van der Waals surface area contributed by atoms with Crippen LogP contribution in [0.3, 0.4) is 0 Å². The quantitative estimate of drug-likeness (QED) is 0.794. The molecule has 0 unspecified atom stereocenters. The SMILES string of the molecule is O=C1Cc2c(CNC(=O)c3ccc(C(=O)O)c(Cl)c3)cccc2N1. The standard InChI is InChI=1S/C17H13ClN2O4/c18-13-6-9(4-5-11(13)17(23)24)16(22)19-8-10-2-1-3-14-12(10)7-15(21)20-14/h1-6H,7-8H2,(H,19,22)(H,20,21)(H,23,24). The van der Waals surface area contributed by atoms with Crippen molar-refractivity contribution in [2.75, 3.05) is 5.32 Å². The number of nitrogens with one attached hydrogen (secondary N) is 2. The Morgan fingerprint density at radius 1 is 1.25 bits per heavy atom. The number of rotatable bonds is 4. The van der Waals surface area contributed by atoms with Crippen LogP contribution in [-0.4, -0.2) is 22.9 Å². The first-order valence-corrected chi connectivity index (χ1v) is 7.55. The molecule has 2 aromatic carbocycles. The van der Waals surface area contributed by atoms with Gasteiger partial charge < -0.3 is 15.7 Å². The third-order valence-corrected chi connectivity index (χ3v) is 4.10. The van der Waals surface area contributed by atoms with E-state index in [-0.39, 0.29) is 34.5 Å². The molecule has 0 spiro atoms. The number of anilines is 1. The van der Waals surface area contributed by atoms with Crippen LogP contribution in [0.25, 0.3) is 0 Å². The summed E-state index contributed by atoms with van der Waals surface area (Å²) in [6.07, 6.45) is 0.292. The van der Waals surface area contributed by atoms with E-state index in [0.29, 0.717) is 6.42 Å². The Hall–Kier alpha value is -2.86. The van der Waals surface area contributed by atoms with Crippen LogP contribution in [0.4, 0.5) is 5.69 Å². The van der Waals surface area contributed by atoms with Crippen molar-refractivity contribution in [3.63, 3.8) is 0 Å². The average molecular weight is 345 g/mol. The lowest BCUT2D eigenvalue weighted by Crippen LogP contribution is -2.23. The van der Waals surface area contributed by atoms with Gasteiger partial charge in [0.1, 0.15) is 0 Å². The molecule has 0 aliphatic carbocycles. The number of carbonyl (C=O) groups is 3. The van der Waals surface area contributed by atoms with Crippen molar-refractivity contribution >= 4 is 35.1 Å². The van der Waals surface area contributed by atoms with Gasteiger partial charge in [0.2, 0.25) is 5.91 Å². The number of fused-ring (bicyclic) bond motifs is 1. The highest BCUT2D eigenvalue weighted by molar-refractivity contribution is 6.33. The largest absolute Gasteiger partial charge is 0.478 e. The molecule has 3 rings (SSSR count). The summed E-state index contributed by atoms with van der Waals surface area (Å²) in [4.78, 5) is 34.6. The molecule has 0 saturated carbocycles. The summed E-state index contributed by atoms with van der Waals surface area (Å²) in [7, 11) is 0. The fourth-order valence-corrected chi connectivity index (χ4v) is 2.85. The van der Waals surface area contributed by atoms with E-state index in [2.05, 4.69) is 10.6 Å². The molecule has 2 amide bonds. The number of amides is 2. The number of benzene rings is 2. The van der Waals surface area contributed by atoms with Crippen LogP contribution in [0.2, 0.25) is 5.02 Å². The maximum Gasteiger partial charge on any atom is 0.337 e. The summed E-state index contributed by atoms with van der Waals surface area (Å²) in [5, 5.41) is 14.5. The average Bonchev–Trinajstić information content (AvgIpc) is 2.92. The molecule has 6 nitrogen and oxygen atoms in total. The fraction of sp³-hybridized carbons (Fsp3) is 0.118. The second-order valence-corrected chi connectivity index (χ2v) is 5.76. The van der Waals surface area contributed by atoms with Gasteiger partial charge in [0.25, 0.3) is 5.91 Å². The predicted molar refractivity (Wildman–Crippen MR) is 88.4 cm³/mol. The highest BCUT2D eigenvalue weighted by Crippen LogP contribution is 2.26. The summed E-state index contributed by atoms with van der Waals surface area (Å²) < 4.78 is 0.